The highest BCUT2D eigenvalue weighted by atomic mass is 16.8. The van der Waals surface area contributed by atoms with Crippen molar-refractivity contribution < 1.29 is 9.47 Å². The van der Waals surface area contributed by atoms with Gasteiger partial charge in [0.25, 0.3) is 5.56 Å². The Morgan fingerprint density at radius 1 is 1.27 bits per heavy atom. The van der Waals surface area contributed by atoms with Crippen LogP contribution in [-0.4, -0.2) is 42.5 Å². The number of aromatic nitrogens is 5. The molecule has 0 amide bonds. The molecule has 1 aliphatic carbocycles. The first-order valence-electron chi connectivity index (χ1n) is 7.38. The van der Waals surface area contributed by atoms with E-state index in [-0.39, 0.29) is 29.7 Å². The number of hydrogen-bond acceptors (Lipinski definition) is 6. The number of fused-ring (bicyclic) bond motifs is 6. The number of ether oxygens (including phenoxy) is 2. The molecule has 4 atom stereocenters. The molecule has 9 heteroatoms. The minimum atomic E-state index is -0.665. The molecule has 2 aromatic rings. The average Bonchev–Trinajstić information content (AvgIpc) is 3.01. The highest BCUT2D eigenvalue weighted by Crippen LogP contribution is 2.48. The van der Waals surface area contributed by atoms with E-state index in [1.807, 2.05) is 13.8 Å². The van der Waals surface area contributed by atoms with Crippen LogP contribution < -0.4 is 11.2 Å². The molecule has 3 aliphatic rings. The number of nitrogens with zero attached hydrogens (tertiary/aromatic N) is 4. The molecule has 0 spiro atoms. The molecule has 1 N–H and O–H groups in total. The monoisotopic (exact) mass is 305 g/mol. The molecule has 22 heavy (non-hydrogen) atoms. The summed E-state index contributed by atoms with van der Waals surface area (Å²) in [6, 6.07) is -0.177. The van der Waals surface area contributed by atoms with Gasteiger partial charge in [-0.3, -0.25) is 14.3 Å². The summed E-state index contributed by atoms with van der Waals surface area (Å²) in [5.41, 5.74) is -0.267. The molecule has 0 radical (unpaired) electrons. The molecular formula is C13H15N5O4. The normalized spacial score (nSPS) is 34.8. The largest absolute Gasteiger partial charge is 0.344 e. The maximum atomic E-state index is 12.4. The fraction of sp³-hybridized carbons (Fsp3) is 0.692. The molecule has 2 aliphatic heterocycles. The second-order valence-electron chi connectivity index (χ2n) is 6.70. The van der Waals surface area contributed by atoms with Gasteiger partial charge in [0.05, 0.1) is 18.7 Å². The molecule has 5 rings (SSSR count). The first kappa shape index (κ1) is 12.5. The van der Waals surface area contributed by atoms with E-state index in [2.05, 4.69) is 15.3 Å². The summed E-state index contributed by atoms with van der Waals surface area (Å²) in [7, 11) is 0. The Kier molecular flexibility index (Phi) is 2.09. The third kappa shape index (κ3) is 1.40. The summed E-state index contributed by atoms with van der Waals surface area (Å²) in [4.78, 5) is 26.6. The summed E-state index contributed by atoms with van der Waals surface area (Å²) in [6.45, 7) is 4.32. The average molecular weight is 305 g/mol. The van der Waals surface area contributed by atoms with Gasteiger partial charge in [-0.25, -0.2) is 9.48 Å². The van der Waals surface area contributed by atoms with E-state index < -0.39 is 17.0 Å². The van der Waals surface area contributed by atoms with Gasteiger partial charge in [0.2, 0.25) is 0 Å². The van der Waals surface area contributed by atoms with Crippen LogP contribution in [0.3, 0.4) is 0 Å². The van der Waals surface area contributed by atoms with Crippen LogP contribution in [0.15, 0.2) is 9.59 Å². The van der Waals surface area contributed by atoms with Gasteiger partial charge in [0.15, 0.2) is 17.0 Å². The Balaban J connectivity index is 1.80. The zero-order chi connectivity index (χ0) is 15.2. The number of nitrogens with one attached hydrogen (secondary N) is 1. The van der Waals surface area contributed by atoms with Gasteiger partial charge in [-0.2, -0.15) is 0 Å². The van der Waals surface area contributed by atoms with Crippen LogP contribution in [0.5, 0.6) is 0 Å². The first-order chi connectivity index (χ1) is 10.4. The van der Waals surface area contributed by atoms with E-state index in [1.165, 1.54) is 0 Å². The molecule has 2 fully saturated rings. The van der Waals surface area contributed by atoms with Crippen molar-refractivity contribution in [3.05, 3.63) is 20.8 Å². The summed E-state index contributed by atoms with van der Waals surface area (Å²) >= 11 is 0. The summed E-state index contributed by atoms with van der Waals surface area (Å²) in [5, 5.41) is 7.97. The van der Waals surface area contributed by atoms with Crippen molar-refractivity contribution in [2.24, 2.45) is 5.92 Å². The van der Waals surface area contributed by atoms with Gasteiger partial charge >= 0.3 is 5.69 Å². The minimum Gasteiger partial charge on any atom is -0.344 e. The highest BCUT2D eigenvalue weighted by Gasteiger charge is 2.56. The SMILES string of the molecule is CC1(C)OC2C(O1)[C@H]1C[C@@H]2Cn2nnc3c(=O)[nH]c(=O)n1c32. The third-order valence-electron chi connectivity index (χ3n) is 4.88. The maximum absolute atomic E-state index is 12.4. The topological polar surface area (TPSA) is 104 Å². The zero-order valence-corrected chi connectivity index (χ0v) is 12.1. The molecule has 2 aromatic heterocycles. The number of H-pyrrole nitrogens is 1. The molecule has 116 valence electrons. The van der Waals surface area contributed by atoms with Crippen LogP contribution in [0.4, 0.5) is 0 Å². The van der Waals surface area contributed by atoms with Crippen LogP contribution >= 0.6 is 0 Å². The van der Waals surface area contributed by atoms with Crippen molar-refractivity contribution in [3.63, 3.8) is 0 Å². The summed E-state index contributed by atoms with van der Waals surface area (Å²) in [6.07, 6.45) is 0.484. The smallest absolute Gasteiger partial charge is 0.330 e. The fourth-order valence-corrected chi connectivity index (χ4v) is 4.15. The van der Waals surface area contributed by atoms with Crippen LogP contribution in [0.1, 0.15) is 26.3 Å². The minimum absolute atomic E-state index is 0.0776. The van der Waals surface area contributed by atoms with Crippen LogP contribution in [0, 0.1) is 5.92 Å². The summed E-state index contributed by atoms with van der Waals surface area (Å²) < 4.78 is 15.3. The van der Waals surface area contributed by atoms with Crippen molar-refractivity contribution in [2.75, 3.05) is 0 Å². The number of rotatable bonds is 0. The highest BCUT2D eigenvalue weighted by molar-refractivity contribution is 5.69. The van der Waals surface area contributed by atoms with Gasteiger partial charge < -0.3 is 9.47 Å². The van der Waals surface area contributed by atoms with E-state index in [9.17, 15) is 9.59 Å². The van der Waals surface area contributed by atoms with E-state index in [0.29, 0.717) is 12.2 Å². The van der Waals surface area contributed by atoms with Crippen molar-refractivity contribution in [1.82, 2.24) is 24.5 Å². The number of hydrogen-bond donors (Lipinski definition) is 1. The predicted octanol–water partition coefficient (Wildman–Crippen LogP) is -0.624. The molecule has 1 saturated heterocycles. The molecule has 1 saturated carbocycles. The molecule has 0 aromatic carbocycles. The second kappa shape index (κ2) is 3.66. The Morgan fingerprint density at radius 3 is 2.86 bits per heavy atom. The van der Waals surface area contributed by atoms with Gasteiger partial charge in [-0.1, -0.05) is 5.21 Å². The van der Waals surface area contributed by atoms with E-state index >= 15 is 0 Å². The fourth-order valence-electron chi connectivity index (χ4n) is 4.15. The maximum Gasteiger partial charge on any atom is 0.330 e. The Bertz CT molecular complexity index is 909. The van der Waals surface area contributed by atoms with Gasteiger partial charge in [0.1, 0.15) is 6.10 Å². The van der Waals surface area contributed by atoms with Gasteiger partial charge in [-0.05, 0) is 20.3 Å². The first-order valence-corrected chi connectivity index (χ1v) is 7.38. The van der Waals surface area contributed by atoms with Crippen molar-refractivity contribution in [3.8, 4) is 0 Å². The van der Waals surface area contributed by atoms with E-state index in [4.69, 9.17) is 9.47 Å². The van der Waals surface area contributed by atoms with Crippen LogP contribution in [0.2, 0.25) is 0 Å². The van der Waals surface area contributed by atoms with Crippen molar-refractivity contribution in [2.45, 2.75) is 50.8 Å². The third-order valence-corrected chi connectivity index (χ3v) is 4.88. The Labute approximate surface area is 123 Å². The van der Waals surface area contributed by atoms with Crippen molar-refractivity contribution in [1.29, 1.82) is 0 Å². The van der Waals surface area contributed by atoms with Crippen LogP contribution in [-0.2, 0) is 16.0 Å². The second-order valence-corrected chi connectivity index (χ2v) is 6.70. The standard InChI is InChI=1S/C13H15N5O4/c1-13(2)21-8-5-3-6(9(8)22-13)18-11-7(10(19)14-12(18)20)15-16-17(11)4-5/h5-6,8-9H,3-4H2,1-2H3,(H,14,19,20)/t5-,6-,8?,9?/m1/s1. The van der Waals surface area contributed by atoms with Crippen LogP contribution in [0.25, 0.3) is 11.2 Å². The molecule has 9 nitrogen and oxygen atoms in total. The van der Waals surface area contributed by atoms with Crippen molar-refractivity contribution >= 4 is 11.2 Å². The molecular weight excluding hydrogens is 290 g/mol. The Morgan fingerprint density at radius 2 is 2.05 bits per heavy atom. The molecule has 2 unspecified atom stereocenters. The lowest BCUT2D eigenvalue weighted by atomic mass is 10.1. The lowest BCUT2D eigenvalue weighted by molar-refractivity contribution is -0.160. The Hall–Kier alpha value is -2.00. The lowest BCUT2D eigenvalue weighted by Gasteiger charge is -2.23. The predicted molar refractivity (Wildman–Crippen MR) is 73.4 cm³/mol. The molecule has 4 heterocycles. The summed E-state index contributed by atoms with van der Waals surface area (Å²) in [5.74, 6) is -0.488. The van der Waals surface area contributed by atoms with E-state index in [0.717, 1.165) is 6.42 Å². The van der Waals surface area contributed by atoms with Gasteiger partial charge in [0, 0.05) is 5.92 Å². The number of aromatic amines is 1. The van der Waals surface area contributed by atoms with Gasteiger partial charge in [-0.15, -0.1) is 5.10 Å². The lowest BCUT2D eigenvalue weighted by Crippen LogP contribution is -2.39. The zero-order valence-electron chi connectivity index (χ0n) is 12.1. The molecule has 2 bridgehead atoms. The van der Waals surface area contributed by atoms with E-state index in [1.54, 1.807) is 9.25 Å². The quantitative estimate of drug-likeness (QED) is 0.695.